The number of phenols is 1. The number of nitrogens with zero attached hydrogens (tertiary/aromatic N) is 3. The lowest BCUT2D eigenvalue weighted by atomic mass is 10.1. The van der Waals surface area contributed by atoms with E-state index >= 15 is 0 Å². The molecular weight excluding hydrogens is 423 g/mol. The molecule has 7 nitrogen and oxygen atoms in total. The molecule has 0 bridgehead atoms. The van der Waals surface area contributed by atoms with E-state index in [1.54, 1.807) is 36.5 Å². The van der Waals surface area contributed by atoms with Crippen LogP contribution in [-0.2, 0) is 4.79 Å². The summed E-state index contributed by atoms with van der Waals surface area (Å²) in [6.45, 7) is 1.08. The van der Waals surface area contributed by atoms with E-state index < -0.39 is 5.97 Å². The summed E-state index contributed by atoms with van der Waals surface area (Å²) in [5, 5.41) is 21.8. The lowest BCUT2D eigenvalue weighted by Gasteiger charge is -2.09. The standard InChI is InChI=1S/C23H17FN4O.C2H4O2/c24-18-12-10-16(11-13-18)15-25-28-23-26-20(17-6-2-1-3-7-17)14-21(27-23)19-8-4-5-9-22(19)29;1-2(3)4/h1-15,29H,(H,26,27,28);1H3,(H,3,4). The molecule has 0 aliphatic rings. The molecule has 3 aromatic carbocycles. The monoisotopic (exact) mass is 444 g/mol. The van der Waals surface area contributed by atoms with Crippen LogP contribution >= 0.6 is 0 Å². The Morgan fingerprint density at radius 3 is 2.21 bits per heavy atom. The van der Waals surface area contributed by atoms with E-state index in [-0.39, 0.29) is 17.5 Å². The summed E-state index contributed by atoms with van der Waals surface area (Å²) in [6, 6.07) is 24.5. The first-order valence-corrected chi connectivity index (χ1v) is 9.89. The van der Waals surface area contributed by atoms with Gasteiger partial charge in [0.1, 0.15) is 11.6 Å². The number of aromatic nitrogens is 2. The molecule has 0 amide bonds. The van der Waals surface area contributed by atoms with Gasteiger partial charge in [-0.25, -0.2) is 19.8 Å². The van der Waals surface area contributed by atoms with Crippen LogP contribution in [0.4, 0.5) is 10.3 Å². The van der Waals surface area contributed by atoms with Gasteiger partial charge >= 0.3 is 0 Å². The highest BCUT2D eigenvalue weighted by molar-refractivity contribution is 5.80. The maximum atomic E-state index is 13.0. The van der Waals surface area contributed by atoms with E-state index in [1.165, 1.54) is 12.1 Å². The molecule has 0 aliphatic carbocycles. The summed E-state index contributed by atoms with van der Waals surface area (Å²) in [7, 11) is 0. The Morgan fingerprint density at radius 1 is 0.939 bits per heavy atom. The number of hydrogen-bond acceptors (Lipinski definition) is 6. The third-order valence-corrected chi connectivity index (χ3v) is 4.22. The van der Waals surface area contributed by atoms with Crippen molar-refractivity contribution in [2.45, 2.75) is 6.92 Å². The Morgan fingerprint density at radius 2 is 1.55 bits per heavy atom. The second kappa shape index (κ2) is 11.1. The van der Waals surface area contributed by atoms with Crippen molar-refractivity contribution in [1.82, 2.24) is 9.97 Å². The van der Waals surface area contributed by atoms with Gasteiger partial charge in [-0.3, -0.25) is 4.79 Å². The number of carboxylic acids is 1. The molecule has 33 heavy (non-hydrogen) atoms. The smallest absolute Gasteiger partial charge is 0.300 e. The molecule has 8 heteroatoms. The summed E-state index contributed by atoms with van der Waals surface area (Å²) >= 11 is 0. The Kier molecular flexibility index (Phi) is 7.80. The van der Waals surface area contributed by atoms with E-state index in [2.05, 4.69) is 20.5 Å². The summed E-state index contributed by atoms with van der Waals surface area (Å²) in [5.41, 5.74) is 6.32. The molecule has 3 N–H and O–H groups in total. The highest BCUT2D eigenvalue weighted by atomic mass is 19.1. The summed E-state index contributed by atoms with van der Waals surface area (Å²) in [4.78, 5) is 18.0. The molecule has 1 aromatic heterocycles. The Balaban J connectivity index is 0.000000709. The molecule has 4 aromatic rings. The van der Waals surface area contributed by atoms with Crippen molar-refractivity contribution in [2.24, 2.45) is 5.10 Å². The number of halogens is 1. The van der Waals surface area contributed by atoms with Gasteiger partial charge in [0.25, 0.3) is 5.97 Å². The molecule has 0 saturated heterocycles. The quantitative estimate of drug-likeness (QED) is 0.289. The number of hydrogen-bond donors (Lipinski definition) is 3. The Bertz CT molecular complexity index is 1240. The van der Waals surface area contributed by atoms with Crippen molar-refractivity contribution in [2.75, 3.05) is 5.43 Å². The van der Waals surface area contributed by atoms with Crippen molar-refractivity contribution in [1.29, 1.82) is 0 Å². The van der Waals surface area contributed by atoms with Crippen molar-refractivity contribution in [3.8, 4) is 28.3 Å². The third kappa shape index (κ3) is 6.96. The number of rotatable bonds is 5. The molecular formula is C25H21FN4O3. The minimum Gasteiger partial charge on any atom is -0.507 e. The summed E-state index contributed by atoms with van der Waals surface area (Å²) in [5.74, 6) is -0.727. The van der Waals surface area contributed by atoms with Crippen molar-refractivity contribution < 1.29 is 19.4 Å². The number of para-hydroxylation sites is 1. The minimum atomic E-state index is -0.833. The van der Waals surface area contributed by atoms with Crippen LogP contribution < -0.4 is 5.43 Å². The van der Waals surface area contributed by atoms with Gasteiger partial charge < -0.3 is 10.2 Å². The van der Waals surface area contributed by atoms with Crippen LogP contribution in [0.25, 0.3) is 22.5 Å². The second-order valence-corrected chi connectivity index (χ2v) is 6.79. The van der Waals surface area contributed by atoms with Crippen LogP contribution in [0.2, 0.25) is 0 Å². The number of phenolic OH excluding ortho intramolecular Hbond substituents is 1. The van der Waals surface area contributed by atoms with Gasteiger partial charge in [-0.2, -0.15) is 5.10 Å². The number of carbonyl (C=O) groups is 1. The molecule has 0 saturated carbocycles. The molecule has 1 heterocycles. The van der Waals surface area contributed by atoms with Gasteiger partial charge in [-0.1, -0.05) is 54.6 Å². The van der Waals surface area contributed by atoms with Gasteiger partial charge in [0.05, 0.1) is 17.6 Å². The van der Waals surface area contributed by atoms with E-state index in [1.807, 2.05) is 42.5 Å². The summed E-state index contributed by atoms with van der Waals surface area (Å²) in [6.07, 6.45) is 1.55. The lowest BCUT2D eigenvalue weighted by Crippen LogP contribution is -2.00. The van der Waals surface area contributed by atoms with Gasteiger partial charge in [0, 0.05) is 18.1 Å². The van der Waals surface area contributed by atoms with E-state index in [9.17, 15) is 9.50 Å². The highest BCUT2D eigenvalue weighted by Gasteiger charge is 2.11. The van der Waals surface area contributed by atoms with E-state index in [4.69, 9.17) is 9.90 Å². The van der Waals surface area contributed by atoms with Crippen LogP contribution in [0.15, 0.2) is 90.0 Å². The zero-order chi connectivity index (χ0) is 23.6. The zero-order valence-corrected chi connectivity index (χ0v) is 17.7. The molecule has 166 valence electrons. The van der Waals surface area contributed by atoms with Crippen molar-refractivity contribution in [3.05, 3.63) is 96.3 Å². The SMILES string of the molecule is CC(=O)O.Oc1ccccc1-c1cc(-c2ccccc2)nc(NN=Cc2ccc(F)cc2)n1. The first kappa shape index (κ1) is 23.1. The molecule has 0 aliphatic heterocycles. The normalized spacial score (nSPS) is 10.4. The van der Waals surface area contributed by atoms with Crippen molar-refractivity contribution >= 4 is 18.1 Å². The topological polar surface area (TPSA) is 108 Å². The van der Waals surface area contributed by atoms with Crippen molar-refractivity contribution in [3.63, 3.8) is 0 Å². The first-order chi connectivity index (χ1) is 15.9. The fourth-order valence-corrected chi connectivity index (χ4v) is 2.80. The van der Waals surface area contributed by atoms with Crippen LogP contribution in [-0.4, -0.2) is 32.4 Å². The fourth-order valence-electron chi connectivity index (χ4n) is 2.80. The summed E-state index contributed by atoms with van der Waals surface area (Å²) < 4.78 is 13.0. The number of carboxylic acid groups (broad SMARTS) is 1. The second-order valence-electron chi connectivity index (χ2n) is 6.79. The number of aliphatic carboxylic acids is 1. The number of benzene rings is 3. The molecule has 0 spiro atoms. The highest BCUT2D eigenvalue weighted by Crippen LogP contribution is 2.30. The van der Waals surface area contributed by atoms with Crippen LogP contribution in [0.1, 0.15) is 12.5 Å². The Hall–Kier alpha value is -4.59. The average Bonchev–Trinajstić information content (AvgIpc) is 2.81. The molecule has 4 rings (SSSR count). The van der Waals surface area contributed by atoms with Gasteiger partial charge in [0.15, 0.2) is 0 Å². The fraction of sp³-hybridized carbons (Fsp3) is 0.0400. The molecule has 0 unspecified atom stereocenters. The third-order valence-electron chi connectivity index (χ3n) is 4.22. The molecule has 0 atom stereocenters. The van der Waals surface area contributed by atoms with E-state index in [0.29, 0.717) is 17.0 Å². The zero-order valence-electron chi connectivity index (χ0n) is 17.7. The van der Waals surface area contributed by atoms with Crippen LogP contribution in [0.3, 0.4) is 0 Å². The number of anilines is 1. The van der Waals surface area contributed by atoms with Crippen LogP contribution in [0.5, 0.6) is 5.75 Å². The molecule has 0 fully saturated rings. The lowest BCUT2D eigenvalue weighted by molar-refractivity contribution is -0.134. The van der Waals surface area contributed by atoms with Gasteiger partial charge in [-0.05, 0) is 35.9 Å². The predicted molar refractivity (Wildman–Crippen MR) is 125 cm³/mol. The van der Waals surface area contributed by atoms with Crippen LogP contribution in [0, 0.1) is 5.82 Å². The van der Waals surface area contributed by atoms with Gasteiger partial charge in [0.2, 0.25) is 5.95 Å². The largest absolute Gasteiger partial charge is 0.507 e. The average molecular weight is 444 g/mol. The first-order valence-electron chi connectivity index (χ1n) is 9.89. The predicted octanol–water partition coefficient (Wildman–Crippen LogP) is 5.19. The number of aromatic hydroxyl groups is 1. The minimum absolute atomic E-state index is 0.131. The number of hydrazone groups is 1. The van der Waals surface area contributed by atoms with E-state index in [0.717, 1.165) is 18.1 Å². The maximum Gasteiger partial charge on any atom is 0.300 e. The molecule has 0 radical (unpaired) electrons. The maximum absolute atomic E-state index is 13.0. The van der Waals surface area contributed by atoms with Gasteiger partial charge in [-0.15, -0.1) is 0 Å². The number of nitrogens with one attached hydrogen (secondary N) is 1. The Labute approximate surface area is 189 Å².